The van der Waals surface area contributed by atoms with Crippen LogP contribution in [0.3, 0.4) is 0 Å². The molecular weight excluding hydrogens is 797 g/mol. The van der Waals surface area contributed by atoms with Crippen LogP contribution in [0.2, 0.25) is 0 Å². The van der Waals surface area contributed by atoms with Gasteiger partial charge < -0.3 is 37.9 Å². The minimum Gasteiger partial charge on any atom is -0.494 e. The number of esters is 5. The highest BCUT2D eigenvalue weighted by atomic mass is 16.7. The van der Waals surface area contributed by atoms with Crippen LogP contribution in [-0.2, 0) is 33.3 Å². The Kier molecular flexibility index (Phi) is 14.3. The van der Waals surface area contributed by atoms with Gasteiger partial charge >= 0.3 is 29.8 Å². The third-order valence-electron chi connectivity index (χ3n) is 9.83. The largest absolute Gasteiger partial charge is 0.494 e. The minimum atomic E-state index is -0.722. The van der Waals surface area contributed by atoms with Crippen molar-refractivity contribution in [1.29, 1.82) is 0 Å². The van der Waals surface area contributed by atoms with Gasteiger partial charge in [0, 0.05) is 12.2 Å². The lowest BCUT2D eigenvalue weighted by Crippen LogP contribution is -2.35. The van der Waals surface area contributed by atoms with Gasteiger partial charge in [-0.25, -0.2) is 24.0 Å². The summed E-state index contributed by atoms with van der Waals surface area (Å²) < 4.78 is 44.5. The van der Waals surface area contributed by atoms with Gasteiger partial charge in [-0.3, -0.25) is 0 Å². The lowest BCUT2D eigenvalue weighted by molar-refractivity contribution is -0.147. The maximum atomic E-state index is 13.0. The van der Waals surface area contributed by atoms with Crippen LogP contribution in [0.5, 0.6) is 17.2 Å². The van der Waals surface area contributed by atoms with E-state index in [-0.39, 0.29) is 42.4 Å². The highest BCUT2D eigenvalue weighted by Gasteiger charge is 2.51. The summed E-state index contributed by atoms with van der Waals surface area (Å²) in [5.74, 6) is -1.92. The van der Waals surface area contributed by atoms with E-state index < -0.39 is 54.3 Å². The average Bonchev–Trinajstić information content (AvgIpc) is 3.90. The van der Waals surface area contributed by atoms with Crippen LogP contribution in [0.15, 0.2) is 146 Å². The molecule has 2 aliphatic heterocycles. The zero-order valence-electron chi connectivity index (χ0n) is 33.4. The highest BCUT2D eigenvalue weighted by Crippen LogP contribution is 2.31. The van der Waals surface area contributed by atoms with E-state index in [0.717, 1.165) is 22.8 Å². The molecule has 13 heteroatoms. The lowest BCUT2D eigenvalue weighted by Gasteiger charge is -2.17. The molecule has 316 valence electrons. The number of rotatable bonds is 17. The molecule has 0 bridgehead atoms. The number of ether oxygens (including phenoxy) is 8. The fraction of sp³-hybridized carbons (Fsp3) is 0.204. The molecule has 0 spiro atoms. The maximum absolute atomic E-state index is 13.0. The normalized spacial score (nSPS) is 17.7. The summed E-state index contributed by atoms with van der Waals surface area (Å²) in [6.45, 7) is 4.20. The van der Waals surface area contributed by atoms with Gasteiger partial charge in [-0.15, -0.1) is 0 Å². The minimum absolute atomic E-state index is 0.0657. The van der Waals surface area contributed by atoms with E-state index in [0.29, 0.717) is 30.8 Å². The van der Waals surface area contributed by atoms with Crippen molar-refractivity contribution in [1.82, 2.24) is 0 Å². The van der Waals surface area contributed by atoms with E-state index in [1.165, 1.54) is 54.6 Å². The van der Waals surface area contributed by atoms with Crippen LogP contribution in [0.4, 0.5) is 0 Å². The molecule has 2 saturated heterocycles. The van der Waals surface area contributed by atoms with E-state index in [9.17, 15) is 24.0 Å². The average molecular weight is 839 g/mol. The van der Waals surface area contributed by atoms with Crippen molar-refractivity contribution in [3.63, 3.8) is 0 Å². The zero-order valence-corrected chi connectivity index (χ0v) is 33.4. The molecule has 0 aromatic heterocycles. The Morgan fingerprint density at radius 1 is 0.548 bits per heavy atom. The molecule has 62 heavy (non-hydrogen) atoms. The quantitative estimate of drug-likeness (QED) is 0.0296. The Bertz CT molecular complexity index is 2370. The summed E-state index contributed by atoms with van der Waals surface area (Å²) in [7, 11) is 0. The van der Waals surface area contributed by atoms with Crippen molar-refractivity contribution < 1.29 is 61.9 Å². The predicted octanol–water partition coefficient (Wildman–Crippen LogP) is 7.63. The second-order valence-electron chi connectivity index (χ2n) is 14.1. The summed E-state index contributed by atoms with van der Waals surface area (Å²) in [4.78, 5) is 62.3. The third-order valence-corrected chi connectivity index (χ3v) is 9.83. The standard InChI is InChI=1S/C49H42O13/c1-2-43(50)56-29-7-6-28-55-38-21-15-35(16-22-38)47(52)59-39-23-17-36(18-24-39)48(53)60-40-25-19-37(20-26-40)49(54)62-42-31-58-45-41(30-57-46(42)45)61-44(51)27-12-32-10-13-34(14-11-32)33-8-4-3-5-9-33/h2-5,8-27,41-42,45-46H,1,6-7,28-31H2/t41-,42+,45-,46-/m1/s1. The molecule has 5 aromatic carbocycles. The first-order valence-corrected chi connectivity index (χ1v) is 19.9. The van der Waals surface area contributed by atoms with Crippen molar-refractivity contribution in [3.05, 3.63) is 168 Å². The van der Waals surface area contributed by atoms with Gasteiger partial charge in [0.25, 0.3) is 0 Å². The number of unbranched alkanes of at least 4 members (excludes halogenated alkanes) is 1. The molecule has 2 fully saturated rings. The first-order chi connectivity index (χ1) is 30.2. The molecule has 0 N–H and O–H groups in total. The van der Waals surface area contributed by atoms with Crippen LogP contribution in [0.1, 0.15) is 49.5 Å². The number of hydrogen-bond donors (Lipinski definition) is 0. The van der Waals surface area contributed by atoms with Crippen LogP contribution in [-0.4, -0.2) is 80.7 Å². The van der Waals surface area contributed by atoms with Gasteiger partial charge in [-0.2, -0.15) is 0 Å². The van der Waals surface area contributed by atoms with Gasteiger partial charge in [0.05, 0.1) is 43.1 Å². The zero-order chi connectivity index (χ0) is 43.3. The van der Waals surface area contributed by atoms with E-state index in [1.807, 2.05) is 54.6 Å². The van der Waals surface area contributed by atoms with Gasteiger partial charge in [-0.05, 0) is 108 Å². The summed E-state index contributed by atoms with van der Waals surface area (Å²) >= 11 is 0. The maximum Gasteiger partial charge on any atom is 0.343 e. The molecule has 7 rings (SSSR count). The smallest absolute Gasteiger partial charge is 0.343 e. The van der Waals surface area contributed by atoms with Gasteiger partial charge in [0.2, 0.25) is 0 Å². The van der Waals surface area contributed by atoms with E-state index in [1.54, 1.807) is 30.3 Å². The molecule has 0 amide bonds. The molecule has 0 radical (unpaired) electrons. The highest BCUT2D eigenvalue weighted by molar-refractivity contribution is 5.93. The summed E-state index contributed by atoms with van der Waals surface area (Å²) in [6, 6.07) is 36.0. The number of carbonyl (C=O) groups is 5. The van der Waals surface area contributed by atoms with Crippen molar-refractivity contribution in [2.75, 3.05) is 26.4 Å². The fourth-order valence-electron chi connectivity index (χ4n) is 6.57. The van der Waals surface area contributed by atoms with Crippen molar-refractivity contribution in [2.45, 2.75) is 37.3 Å². The summed E-state index contributed by atoms with van der Waals surface area (Å²) in [5.41, 5.74) is 3.73. The number of carbonyl (C=O) groups excluding carboxylic acids is 5. The lowest BCUT2D eigenvalue weighted by atomic mass is 10.0. The Labute approximate surface area is 357 Å². The topological polar surface area (TPSA) is 159 Å². The third kappa shape index (κ3) is 11.5. The summed E-state index contributed by atoms with van der Waals surface area (Å²) in [5, 5.41) is 0. The summed E-state index contributed by atoms with van der Waals surface area (Å²) in [6.07, 6.45) is 2.86. The van der Waals surface area contributed by atoms with E-state index in [2.05, 4.69) is 6.58 Å². The molecule has 0 unspecified atom stereocenters. The van der Waals surface area contributed by atoms with Crippen LogP contribution < -0.4 is 14.2 Å². The molecule has 13 nitrogen and oxygen atoms in total. The van der Waals surface area contributed by atoms with Crippen LogP contribution in [0.25, 0.3) is 17.2 Å². The molecule has 5 aromatic rings. The van der Waals surface area contributed by atoms with Crippen molar-refractivity contribution in [2.24, 2.45) is 0 Å². The Hall–Kier alpha value is -7.35. The Balaban J connectivity index is 0.817. The first kappa shape index (κ1) is 42.8. The van der Waals surface area contributed by atoms with E-state index >= 15 is 0 Å². The molecule has 2 aliphatic rings. The van der Waals surface area contributed by atoms with Gasteiger partial charge in [-0.1, -0.05) is 61.2 Å². The monoisotopic (exact) mass is 838 g/mol. The van der Waals surface area contributed by atoms with Crippen LogP contribution >= 0.6 is 0 Å². The van der Waals surface area contributed by atoms with Gasteiger partial charge in [0.1, 0.15) is 29.5 Å². The van der Waals surface area contributed by atoms with Crippen LogP contribution in [0, 0.1) is 0 Å². The molecular formula is C49H42O13. The van der Waals surface area contributed by atoms with Gasteiger partial charge in [0.15, 0.2) is 12.2 Å². The number of hydrogen-bond acceptors (Lipinski definition) is 13. The molecule has 2 heterocycles. The molecule has 0 saturated carbocycles. The number of benzene rings is 5. The second-order valence-corrected chi connectivity index (χ2v) is 14.1. The predicted molar refractivity (Wildman–Crippen MR) is 225 cm³/mol. The fourth-order valence-corrected chi connectivity index (χ4v) is 6.57. The number of fused-ring (bicyclic) bond motifs is 1. The Morgan fingerprint density at radius 2 is 1.05 bits per heavy atom. The Morgan fingerprint density at radius 3 is 1.61 bits per heavy atom. The van der Waals surface area contributed by atoms with Crippen molar-refractivity contribution in [3.8, 4) is 28.4 Å². The molecule has 0 aliphatic carbocycles. The van der Waals surface area contributed by atoms with Crippen molar-refractivity contribution >= 4 is 35.9 Å². The second kappa shape index (κ2) is 20.8. The first-order valence-electron chi connectivity index (χ1n) is 19.9. The van der Waals surface area contributed by atoms with E-state index in [4.69, 9.17) is 37.9 Å². The SMILES string of the molecule is C=CC(=O)OCCCCOc1ccc(C(=O)Oc2ccc(C(=O)Oc3ccc(C(=O)O[C@H]4CO[C@H]5[C@@H]4OC[C@H]5OC(=O)C=Cc4ccc(-c5ccccc5)cc4)cc3)cc2)cc1. The molecule has 4 atom stereocenters.